The van der Waals surface area contributed by atoms with Gasteiger partial charge >= 0.3 is 12.1 Å². The Morgan fingerprint density at radius 1 is 1.33 bits per heavy atom. The average Bonchev–Trinajstić information content (AvgIpc) is 2.24. The normalized spacial score (nSPS) is 24.2. The van der Waals surface area contributed by atoms with Crippen molar-refractivity contribution in [2.45, 2.75) is 51.8 Å². The molecule has 21 heavy (non-hydrogen) atoms. The van der Waals surface area contributed by atoms with Crippen molar-refractivity contribution in [1.29, 1.82) is 0 Å². The van der Waals surface area contributed by atoms with E-state index in [1.54, 1.807) is 27.7 Å². The number of carbonyl (C=O) groups is 2. The Labute approximate surface area is 122 Å². The molecule has 2 atom stereocenters. The highest BCUT2D eigenvalue weighted by Gasteiger charge is 2.40. The van der Waals surface area contributed by atoms with E-state index in [-0.39, 0.29) is 13.1 Å². The zero-order chi connectivity index (χ0) is 16.4. The lowest BCUT2D eigenvalue weighted by Gasteiger charge is -2.44. The molecule has 0 aliphatic carbocycles. The van der Waals surface area contributed by atoms with Crippen LogP contribution in [0.4, 0.5) is 13.6 Å². The quantitative estimate of drug-likeness (QED) is 0.858. The summed E-state index contributed by atoms with van der Waals surface area (Å²) in [5, 5.41) is 8.79. The van der Waals surface area contributed by atoms with Gasteiger partial charge in [-0.25, -0.2) is 13.6 Å². The van der Waals surface area contributed by atoms with Crippen molar-refractivity contribution in [2.75, 3.05) is 19.6 Å². The molecule has 1 aliphatic rings. The number of piperazine rings is 1. The Kier molecular flexibility index (Phi) is 5.49. The fourth-order valence-electron chi connectivity index (χ4n) is 2.24. The van der Waals surface area contributed by atoms with Gasteiger partial charge in [0.25, 0.3) is 6.43 Å². The Morgan fingerprint density at radius 3 is 2.33 bits per heavy atom. The van der Waals surface area contributed by atoms with Crippen molar-refractivity contribution in [3.8, 4) is 0 Å². The fraction of sp³-hybridized carbons (Fsp3) is 0.846. The number of carboxylic acid groups (broad SMARTS) is 1. The first-order valence-electron chi connectivity index (χ1n) is 6.75. The predicted octanol–water partition coefficient (Wildman–Crippen LogP) is 1.65. The minimum atomic E-state index is -2.73. The van der Waals surface area contributed by atoms with E-state index in [1.165, 1.54) is 9.80 Å². The molecule has 0 aromatic carbocycles. The maximum Gasteiger partial charge on any atom is 0.410 e. The third-order valence-electron chi connectivity index (χ3n) is 3.14. The molecular formula is C13H22F2N2O4. The molecule has 0 radical (unpaired) electrons. The Morgan fingerprint density at radius 2 is 1.90 bits per heavy atom. The van der Waals surface area contributed by atoms with Crippen molar-refractivity contribution >= 4 is 12.1 Å². The molecule has 1 rings (SSSR count). The van der Waals surface area contributed by atoms with E-state index in [2.05, 4.69) is 0 Å². The molecule has 8 heteroatoms. The van der Waals surface area contributed by atoms with E-state index in [9.17, 15) is 18.4 Å². The maximum absolute atomic E-state index is 13.1. The van der Waals surface area contributed by atoms with Crippen molar-refractivity contribution in [2.24, 2.45) is 0 Å². The summed E-state index contributed by atoms with van der Waals surface area (Å²) in [5.74, 6) is -1.17. The number of hydrogen-bond donors (Lipinski definition) is 1. The van der Waals surface area contributed by atoms with Gasteiger partial charge in [0.1, 0.15) is 5.60 Å². The molecule has 0 unspecified atom stereocenters. The second-order valence-corrected chi connectivity index (χ2v) is 6.21. The summed E-state index contributed by atoms with van der Waals surface area (Å²) < 4.78 is 31.4. The largest absolute Gasteiger partial charge is 0.480 e. The monoisotopic (exact) mass is 308 g/mol. The van der Waals surface area contributed by atoms with Gasteiger partial charge in [-0.05, 0) is 27.7 Å². The Hall–Kier alpha value is -1.44. The lowest BCUT2D eigenvalue weighted by molar-refractivity contribution is -0.141. The van der Waals surface area contributed by atoms with Crippen LogP contribution in [0.5, 0.6) is 0 Å². The standard InChI is InChI=1S/C13H22F2N2O4/c1-8-5-16(7-10(18)19)9(11(14)15)6-17(8)12(20)21-13(2,3)4/h8-9,11H,5-7H2,1-4H3,(H,18,19)/t8-,9-/m1/s1. The van der Waals surface area contributed by atoms with Gasteiger partial charge in [0.2, 0.25) is 0 Å². The van der Waals surface area contributed by atoms with Gasteiger partial charge in [0.05, 0.1) is 12.6 Å². The zero-order valence-corrected chi connectivity index (χ0v) is 12.7. The molecular weight excluding hydrogens is 286 g/mol. The molecule has 0 saturated carbocycles. The molecule has 1 amide bonds. The highest BCUT2D eigenvalue weighted by molar-refractivity contribution is 5.70. The van der Waals surface area contributed by atoms with Crippen molar-refractivity contribution in [1.82, 2.24) is 9.80 Å². The first-order chi connectivity index (χ1) is 9.51. The number of ether oxygens (including phenoxy) is 1. The van der Waals surface area contributed by atoms with Gasteiger partial charge in [-0.1, -0.05) is 0 Å². The second-order valence-electron chi connectivity index (χ2n) is 6.21. The number of alkyl halides is 2. The lowest BCUT2D eigenvalue weighted by atomic mass is 10.1. The molecule has 1 fully saturated rings. The minimum Gasteiger partial charge on any atom is -0.480 e. The summed E-state index contributed by atoms with van der Waals surface area (Å²) in [7, 11) is 0. The molecule has 0 bridgehead atoms. The summed E-state index contributed by atoms with van der Waals surface area (Å²) in [4.78, 5) is 25.2. The van der Waals surface area contributed by atoms with Crippen LogP contribution >= 0.6 is 0 Å². The van der Waals surface area contributed by atoms with Crippen LogP contribution in [0, 0.1) is 0 Å². The molecule has 1 heterocycles. The molecule has 1 N–H and O–H groups in total. The number of carbonyl (C=O) groups excluding carboxylic acids is 1. The van der Waals surface area contributed by atoms with Crippen LogP contribution in [-0.2, 0) is 9.53 Å². The molecule has 0 aromatic heterocycles. The summed E-state index contributed by atoms with van der Waals surface area (Å²) in [6, 6.07) is -1.70. The van der Waals surface area contributed by atoms with Gasteiger partial charge in [0, 0.05) is 19.1 Å². The van der Waals surface area contributed by atoms with E-state index in [4.69, 9.17) is 9.84 Å². The summed E-state index contributed by atoms with van der Waals surface area (Å²) >= 11 is 0. The van der Waals surface area contributed by atoms with Gasteiger partial charge < -0.3 is 14.7 Å². The highest BCUT2D eigenvalue weighted by atomic mass is 19.3. The average molecular weight is 308 g/mol. The number of aliphatic carboxylic acids is 1. The van der Waals surface area contributed by atoms with Crippen LogP contribution in [0.1, 0.15) is 27.7 Å². The fourth-order valence-corrected chi connectivity index (χ4v) is 2.24. The van der Waals surface area contributed by atoms with E-state index >= 15 is 0 Å². The van der Waals surface area contributed by atoms with E-state index in [0.29, 0.717) is 0 Å². The van der Waals surface area contributed by atoms with E-state index < -0.39 is 42.7 Å². The zero-order valence-electron chi connectivity index (χ0n) is 12.7. The summed E-state index contributed by atoms with van der Waals surface area (Å²) in [6.07, 6.45) is -3.39. The van der Waals surface area contributed by atoms with Crippen LogP contribution in [0.2, 0.25) is 0 Å². The highest BCUT2D eigenvalue weighted by Crippen LogP contribution is 2.22. The number of carboxylic acids is 1. The lowest BCUT2D eigenvalue weighted by Crippen LogP contribution is -2.62. The Bertz CT molecular complexity index is 398. The number of amides is 1. The number of rotatable bonds is 3. The van der Waals surface area contributed by atoms with Crippen LogP contribution in [-0.4, -0.2) is 70.7 Å². The van der Waals surface area contributed by atoms with Crippen molar-refractivity contribution in [3.05, 3.63) is 0 Å². The SMILES string of the molecule is C[C@@H]1CN(CC(=O)O)[C@@H](C(F)F)CN1C(=O)OC(C)(C)C. The molecule has 1 aliphatic heterocycles. The second kappa shape index (κ2) is 6.55. The van der Waals surface area contributed by atoms with Crippen molar-refractivity contribution < 1.29 is 28.2 Å². The first kappa shape index (κ1) is 17.6. The Balaban J connectivity index is 2.82. The smallest absolute Gasteiger partial charge is 0.410 e. The molecule has 0 aromatic rings. The topological polar surface area (TPSA) is 70.1 Å². The summed E-state index contributed by atoms with van der Waals surface area (Å²) in [5.41, 5.74) is -0.713. The van der Waals surface area contributed by atoms with Crippen molar-refractivity contribution in [3.63, 3.8) is 0 Å². The van der Waals surface area contributed by atoms with Crippen LogP contribution in [0.25, 0.3) is 0 Å². The van der Waals surface area contributed by atoms with Crippen LogP contribution < -0.4 is 0 Å². The predicted molar refractivity (Wildman–Crippen MR) is 71.4 cm³/mol. The van der Waals surface area contributed by atoms with Gasteiger partial charge in [-0.3, -0.25) is 9.69 Å². The van der Waals surface area contributed by atoms with Crippen LogP contribution in [0.15, 0.2) is 0 Å². The number of nitrogens with zero attached hydrogens (tertiary/aromatic N) is 2. The third kappa shape index (κ3) is 5.11. The molecule has 1 saturated heterocycles. The molecule has 122 valence electrons. The number of halogens is 2. The third-order valence-corrected chi connectivity index (χ3v) is 3.14. The molecule has 0 spiro atoms. The van der Waals surface area contributed by atoms with Crippen LogP contribution in [0.3, 0.4) is 0 Å². The van der Waals surface area contributed by atoms with E-state index in [1.807, 2.05) is 0 Å². The minimum absolute atomic E-state index is 0.0700. The maximum atomic E-state index is 13.1. The van der Waals surface area contributed by atoms with Gasteiger partial charge in [0.15, 0.2) is 0 Å². The van der Waals surface area contributed by atoms with Gasteiger partial charge in [-0.15, -0.1) is 0 Å². The summed E-state index contributed by atoms with van der Waals surface area (Å²) in [6.45, 7) is 6.12. The number of hydrogen-bond acceptors (Lipinski definition) is 4. The first-order valence-corrected chi connectivity index (χ1v) is 6.75. The van der Waals surface area contributed by atoms with E-state index in [0.717, 1.165) is 0 Å². The van der Waals surface area contributed by atoms with Gasteiger partial charge in [-0.2, -0.15) is 0 Å². The molecule has 6 nitrogen and oxygen atoms in total.